The Morgan fingerprint density at radius 2 is 2.09 bits per heavy atom. The van der Waals surface area contributed by atoms with Gasteiger partial charge in [-0.25, -0.2) is 4.79 Å². The number of aromatic nitrogens is 2. The van der Waals surface area contributed by atoms with E-state index in [2.05, 4.69) is 15.0 Å². The van der Waals surface area contributed by atoms with Crippen LogP contribution in [-0.4, -0.2) is 28.5 Å². The van der Waals surface area contributed by atoms with Gasteiger partial charge < -0.3 is 19.1 Å². The summed E-state index contributed by atoms with van der Waals surface area (Å²) in [5.74, 6) is 0. The summed E-state index contributed by atoms with van der Waals surface area (Å²) >= 11 is 0. The third-order valence-corrected chi connectivity index (χ3v) is 2.87. The van der Waals surface area contributed by atoms with Gasteiger partial charge in [-0.3, -0.25) is 14.3 Å². The normalized spacial score (nSPS) is 11.6. The van der Waals surface area contributed by atoms with Gasteiger partial charge in [0.1, 0.15) is 0 Å². The van der Waals surface area contributed by atoms with Crippen LogP contribution >= 0.6 is 7.60 Å². The molecule has 0 amide bonds. The first kappa shape index (κ1) is 24.5. The molecule has 23 heavy (non-hydrogen) atoms. The summed E-state index contributed by atoms with van der Waals surface area (Å²) in [6.07, 6.45) is -0.836. The number of ether oxygens (including phenoxy) is 1. The summed E-state index contributed by atoms with van der Waals surface area (Å²) in [6.45, 7) is 1.01. The molecule has 0 saturated heterocycles. The zero-order valence-corrected chi connectivity index (χ0v) is 13.9. The van der Waals surface area contributed by atoms with E-state index in [9.17, 15) is 23.9 Å². The quantitative estimate of drug-likeness (QED) is 0.170. The van der Waals surface area contributed by atoms with Crippen LogP contribution in [0.4, 0.5) is 0 Å². The van der Waals surface area contributed by atoms with Gasteiger partial charge in [-0.05, 0) is 20.1 Å². The molecule has 1 unspecified atom stereocenters. The average Bonchev–Trinajstić information content (AvgIpc) is 2.37. The first-order chi connectivity index (χ1) is 9.73. The zero-order valence-electron chi connectivity index (χ0n) is 13.0. The molecule has 1 rings (SSSR count). The van der Waals surface area contributed by atoms with Gasteiger partial charge in [-0.2, -0.15) is 0 Å². The van der Waals surface area contributed by atoms with Gasteiger partial charge >= 0.3 is 43.4 Å². The van der Waals surface area contributed by atoms with Crippen molar-refractivity contribution >= 4 is 7.60 Å². The van der Waals surface area contributed by atoms with E-state index in [1.807, 2.05) is 0 Å². The van der Waals surface area contributed by atoms with Gasteiger partial charge in [-0.1, -0.05) is 5.11 Å². The van der Waals surface area contributed by atoms with Gasteiger partial charge in [0.15, 0.2) is 0 Å². The summed E-state index contributed by atoms with van der Waals surface area (Å²) in [6, 6.07) is 0. The van der Waals surface area contributed by atoms with Crippen molar-refractivity contribution in [2.24, 2.45) is 5.11 Å². The molecule has 1 atom stereocenters. The van der Waals surface area contributed by atoms with Crippen LogP contribution in [-0.2, 0) is 15.8 Å². The summed E-state index contributed by atoms with van der Waals surface area (Å²) < 4.78 is 16.5. The second-order valence-electron chi connectivity index (χ2n) is 4.17. The second kappa shape index (κ2) is 11.0. The number of H-pyrrole nitrogens is 1. The van der Waals surface area contributed by atoms with Crippen LogP contribution in [0.2, 0.25) is 0 Å². The Morgan fingerprint density at radius 3 is 2.61 bits per heavy atom. The van der Waals surface area contributed by atoms with E-state index in [1.165, 1.54) is 13.1 Å². The third-order valence-electron chi connectivity index (χ3n) is 2.41. The first-order valence-corrected chi connectivity index (χ1v) is 7.39. The molecular formula is C9H12Li2N5O6P. The molecule has 1 aromatic heterocycles. The molecule has 0 radical (unpaired) electrons. The summed E-state index contributed by atoms with van der Waals surface area (Å²) in [5, 5.41) is 3.21. The smallest absolute Gasteiger partial charge is 0.809 e. The summed E-state index contributed by atoms with van der Waals surface area (Å²) in [7, 11) is -4.89. The molecule has 1 heterocycles. The van der Waals surface area contributed by atoms with Crippen molar-refractivity contribution < 1.29 is 56.8 Å². The molecule has 0 spiro atoms. The minimum absolute atomic E-state index is 0. The molecule has 1 N–H and O–H groups in total. The van der Waals surface area contributed by atoms with E-state index in [-0.39, 0.29) is 56.4 Å². The standard InChI is InChI=1S/C9H14N5O6P.2Li/c1-6-3-14(9(16)12-8(6)15)4-7(2-11-13-10)20-5-21(17,18)19;;/h3,7H,2,4-5H2,1H3,(H,12,15,16)(H2,17,18,19);;/q;2*+1/p-2. The number of hydrogen-bond donors (Lipinski definition) is 1. The van der Waals surface area contributed by atoms with Crippen molar-refractivity contribution in [1.29, 1.82) is 0 Å². The van der Waals surface area contributed by atoms with Crippen molar-refractivity contribution in [3.63, 3.8) is 0 Å². The van der Waals surface area contributed by atoms with Crippen LogP contribution < -0.4 is 58.8 Å². The molecule has 0 saturated carbocycles. The number of nitrogens with zero attached hydrogens (tertiary/aromatic N) is 4. The molecule has 0 fully saturated rings. The maximum atomic E-state index is 11.6. The first-order valence-electron chi connectivity index (χ1n) is 5.67. The molecule has 0 aliphatic heterocycles. The Hall–Kier alpha value is -0.705. The monoisotopic (exact) mass is 331 g/mol. The fourth-order valence-electron chi connectivity index (χ4n) is 1.46. The minimum Gasteiger partial charge on any atom is -0.809 e. The maximum Gasteiger partial charge on any atom is 1.00 e. The van der Waals surface area contributed by atoms with Crippen molar-refractivity contribution in [2.75, 3.05) is 12.9 Å². The van der Waals surface area contributed by atoms with Crippen molar-refractivity contribution in [3.05, 3.63) is 43.0 Å². The Labute approximate surface area is 154 Å². The van der Waals surface area contributed by atoms with E-state index < -0.39 is 31.3 Å². The Bertz CT molecular complexity index is 709. The van der Waals surface area contributed by atoms with Gasteiger partial charge in [0, 0.05) is 16.7 Å². The summed E-state index contributed by atoms with van der Waals surface area (Å²) in [4.78, 5) is 48.5. The molecule has 0 aliphatic rings. The van der Waals surface area contributed by atoms with Crippen LogP contribution in [0.5, 0.6) is 0 Å². The minimum atomic E-state index is -4.89. The fourth-order valence-corrected chi connectivity index (χ4v) is 1.85. The number of hydrogen-bond acceptors (Lipinski definition) is 7. The van der Waals surface area contributed by atoms with Crippen LogP contribution in [0.25, 0.3) is 10.4 Å². The zero-order chi connectivity index (χ0) is 16.0. The van der Waals surface area contributed by atoms with Crippen LogP contribution in [0, 0.1) is 6.92 Å². The van der Waals surface area contributed by atoms with E-state index in [0.717, 1.165) is 4.57 Å². The second-order valence-corrected chi connectivity index (χ2v) is 5.65. The van der Waals surface area contributed by atoms with Crippen molar-refractivity contribution in [1.82, 2.24) is 9.55 Å². The Morgan fingerprint density at radius 1 is 1.48 bits per heavy atom. The molecular weight excluding hydrogens is 319 g/mol. The van der Waals surface area contributed by atoms with E-state index in [1.54, 1.807) is 0 Å². The largest absolute Gasteiger partial charge is 1.00 e. The fraction of sp³-hybridized carbons (Fsp3) is 0.556. The Kier molecular flexibility index (Phi) is 11.7. The van der Waals surface area contributed by atoms with Crippen molar-refractivity contribution in [3.8, 4) is 0 Å². The third kappa shape index (κ3) is 9.24. The molecule has 11 nitrogen and oxygen atoms in total. The van der Waals surface area contributed by atoms with Crippen LogP contribution in [0.15, 0.2) is 20.9 Å². The summed E-state index contributed by atoms with van der Waals surface area (Å²) in [5.41, 5.74) is 7.23. The predicted molar refractivity (Wildman–Crippen MR) is 67.4 cm³/mol. The molecule has 0 aliphatic carbocycles. The Balaban J connectivity index is 0. The predicted octanol–water partition coefficient (Wildman–Crippen LogP) is -7.58. The number of rotatable bonds is 7. The van der Waals surface area contributed by atoms with Gasteiger partial charge in [0.2, 0.25) is 0 Å². The van der Waals surface area contributed by atoms with E-state index in [4.69, 9.17) is 10.3 Å². The van der Waals surface area contributed by atoms with E-state index in [0.29, 0.717) is 0 Å². The number of aryl methyl sites for hydroxylation is 1. The SMILES string of the molecule is Cc1cn(CC(CN=[N+]=[N-])OCP(=O)([O-])[O-])c(=O)[nH]c1=O.[Li+].[Li+]. The van der Waals surface area contributed by atoms with Crippen molar-refractivity contribution in [2.45, 2.75) is 19.6 Å². The average molecular weight is 331 g/mol. The number of nitrogens with one attached hydrogen (secondary N) is 1. The number of azide groups is 1. The van der Waals surface area contributed by atoms with Crippen LogP contribution in [0.3, 0.4) is 0 Å². The molecule has 0 aromatic carbocycles. The molecule has 14 heteroatoms. The molecule has 0 bridgehead atoms. The maximum absolute atomic E-state index is 11.6. The van der Waals surface area contributed by atoms with Gasteiger partial charge in [0.05, 0.1) is 25.5 Å². The van der Waals surface area contributed by atoms with Gasteiger partial charge in [0.25, 0.3) is 5.56 Å². The number of aromatic amines is 1. The van der Waals surface area contributed by atoms with E-state index >= 15 is 0 Å². The molecule has 116 valence electrons. The topological polar surface area (TPSA) is 176 Å². The van der Waals surface area contributed by atoms with Crippen LogP contribution in [0.1, 0.15) is 5.56 Å². The van der Waals surface area contributed by atoms with Gasteiger partial charge in [-0.15, -0.1) is 0 Å². The molecule has 1 aromatic rings.